The molecule has 7 heteroatoms. The van der Waals surface area contributed by atoms with Crippen molar-refractivity contribution in [2.45, 2.75) is 19.9 Å². The zero-order valence-corrected chi connectivity index (χ0v) is 15.6. The molecule has 0 spiro atoms. The molecule has 1 unspecified atom stereocenters. The Morgan fingerprint density at radius 2 is 2.08 bits per heavy atom. The Hall–Kier alpha value is -2.80. The molecule has 0 aliphatic carbocycles. The number of rotatable bonds is 6. The van der Waals surface area contributed by atoms with Crippen LogP contribution in [0.1, 0.15) is 30.4 Å². The van der Waals surface area contributed by atoms with Crippen LogP contribution >= 0.6 is 11.3 Å². The molecule has 1 N–H and O–H groups in total. The predicted molar refractivity (Wildman–Crippen MR) is 102 cm³/mol. The third kappa shape index (κ3) is 3.43. The highest BCUT2D eigenvalue weighted by molar-refractivity contribution is 7.16. The third-order valence-corrected chi connectivity index (χ3v) is 4.96. The van der Waals surface area contributed by atoms with Gasteiger partial charge in [0.1, 0.15) is 22.3 Å². The van der Waals surface area contributed by atoms with Gasteiger partial charge in [-0.15, -0.1) is 11.3 Å². The van der Waals surface area contributed by atoms with E-state index in [2.05, 4.69) is 5.32 Å². The molecule has 6 nitrogen and oxygen atoms in total. The Balaban J connectivity index is 1.91. The summed E-state index contributed by atoms with van der Waals surface area (Å²) >= 11 is 1.48. The Labute approximate surface area is 155 Å². The van der Waals surface area contributed by atoms with E-state index in [1.165, 1.54) is 11.3 Å². The number of thiophene rings is 1. The van der Waals surface area contributed by atoms with Gasteiger partial charge in [-0.2, -0.15) is 0 Å². The number of hydrogen-bond acceptors (Lipinski definition) is 5. The van der Waals surface area contributed by atoms with Crippen LogP contribution in [0.3, 0.4) is 0 Å². The smallest absolute Gasteiger partial charge is 0.355 e. The van der Waals surface area contributed by atoms with Crippen LogP contribution in [0.2, 0.25) is 0 Å². The number of carbonyl (C=O) groups excluding carboxylic acids is 2. The van der Waals surface area contributed by atoms with Crippen molar-refractivity contribution in [2.75, 3.05) is 19.0 Å². The lowest BCUT2D eigenvalue weighted by Gasteiger charge is -2.17. The van der Waals surface area contributed by atoms with Crippen LogP contribution in [0.4, 0.5) is 5.69 Å². The van der Waals surface area contributed by atoms with E-state index in [9.17, 15) is 9.59 Å². The molecule has 1 atom stereocenters. The standard InChI is InChI=1S/C19H20N2O4S/c1-4-25-19(23)16-10-13-8-9-26-18(13)21(16)12(2)17(22)20-14-6-5-7-15(11-14)24-3/h5-12H,4H2,1-3H3,(H,20,22). The van der Waals surface area contributed by atoms with Crippen LogP contribution in [0, 0.1) is 0 Å². The highest BCUT2D eigenvalue weighted by atomic mass is 32.1. The van der Waals surface area contributed by atoms with E-state index in [0.717, 1.165) is 10.2 Å². The molecule has 0 saturated heterocycles. The summed E-state index contributed by atoms with van der Waals surface area (Å²) < 4.78 is 12.1. The highest BCUT2D eigenvalue weighted by Crippen LogP contribution is 2.30. The molecule has 0 bridgehead atoms. The first kappa shape index (κ1) is 18.0. The average Bonchev–Trinajstić information content (AvgIpc) is 3.22. The van der Waals surface area contributed by atoms with Gasteiger partial charge >= 0.3 is 5.97 Å². The summed E-state index contributed by atoms with van der Waals surface area (Å²) in [5.41, 5.74) is 1.01. The van der Waals surface area contributed by atoms with Crippen LogP contribution in [0.15, 0.2) is 41.8 Å². The largest absolute Gasteiger partial charge is 0.497 e. The van der Waals surface area contributed by atoms with Crippen molar-refractivity contribution in [1.29, 1.82) is 0 Å². The molecule has 0 fully saturated rings. The van der Waals surface area contributed by atoms with E-state index in [0.29, 0.717) is 17.1 Å². The Morgan fingerprint density at radius 1 is 1.27 bits per heavy atom. The molecule has 26 heavy (non-hydrogen) atoms. The molecule has 2 heterocycles. The van der Waals surface area contributed by atoms with Crippen LogP contribution in [0.5, 0.6) is 5.75 Å². The second-order valence-electron chi connectivity index (χ2n) is 5.70. The average molecular weight is 372 g/mol. The minimum Gasteiger partial charge on any atom is -0.497 e. The van der Waals surface area contributed by atoms with Crippen LogP contribution in [0.25, 0.3) is 10.2 Å². The zero-order valence-electron chi connectivity index (χ0n) is 14.8. The fraction of sp³-hybridized carbons (Fsp3) is 0.263. The van der Waals surface area contributed by atoms with Crippen LogP contribution < -0.4 is 10.1 Å². The lowest BCUT2D eigenvalue weighted by atomic mass is 10.2. The Kier molecular flexibility index (Phi) is 5.27. The maximum Gasteiger partial charge on any atom is 0.355 e. The molecule has 0 saturated carbocycles. The van der Waals surface area contributed by atoms with Gasteiger partial charge < -0.3 is 19.4 Å². The summed E-state index contributed by atoms with van der Waals surface area (Å²) in [7, 11) is 1.57. The van der Waals surface area contributed by atoms with Gasteiger partial charge in [-0.1, -0.05) is 6.07 Å². The second kappa shape index (κ2) is 7.61. The summed E-state index contributed by atoms with van der Waals surface area (Å²) in [5.74, 6) is -0.00379. The lowest BCUT2D eigenvalue weighted by molar-refractivity contribution is -0.118. The number of esters is 1. The van der Waals surface area contributed by atoms with E-state index >= 15 is 0 Å². The van der Waals surface area contributed by atoms with Crippen LogP contribution in [-0.2, 0) is 9.53 Å². The maximum absolute atomic E-state index is 12.8. The van der Waals surface area contributed by atoms with Gasteiger partial charge in [0.2, 0.25) is 5.91 Å². The molecule has 136 valence electrons. The molecule has 0 aliphatic heterocycles. The van der Waals surface area contributed by atoms with Crippen molar-refractivity contribution in [1.82, 2.24) is 4.57 Å². The third-order valence-electron chi connectivity index (χ3n) is 4.03. The highest BCUT2D eigenvalue weighted by Gasteiger charge is 2.25. The first-order chi connectivity index (χ1) is 12.5. The minimum absolute atomic E-state index is 0.227. The van der Waals surface area contributed by atoms with Gasteiger partial charge in [0.05, 0.1) is 13.7 Å². The van der Waals surface area contributed by atoms with E-state index in [1.807, 2.05) is 11.4 Å². The van der Waals surface area contributed by atoms with E-state index in [-0.39, 0.29) is 12.5 Å². The Morgan fingerprint density at radius 3 is 2.81 bits per heavy atom. The minimum atomic E-state index is -0.586. The molecular formula is C19H20N2O4S. The van der Waals surface area contributed by atoms with Gasteiger partial charge in [0, 0.05) is 17.1 Å². The molecule has 3 aromatic rings. The van der Waals surface area contributed by atoms with Gasteiger partial charge in [-0.05, 0) is 43.5 Å². The van der Waals surface area contributed by atoms with Crippen LogP contribution in [-0.4, -0.2) is 30.2 Å². The monoisotopic (exact) mass is 372 g/mol. The summed E-state index contributed by atoms with van der Waals surface area (Å²) in [6, 6.07) is 10.2. The number of methoxy groups -OCH3 is 1. The molecule has 1 aromatic carbocycles. The fourth-order valence-electron chi connectivity index (χ4n) is 2.75. The first-order valence-electron chi connectivity index (χ1n) is 8.25. The number of nitrogens with one attached hydrogen (secondary N) is 1. The number of nitrogens with zero attached hydrogens (tertiary/aromatic N) is 1. The van der Waals surface area contributed by atoms with Crippen molar-refractivity contribution in [3.63, 3.8) is 0 Å². The summed E-state index contributed by atoms with van der Waals surface area (Å²) in [6.45, 7) is 3.80. The normalized spacial score (nSPS) is 12.0. The summed E-state index contributed by atoms with van der Waals surface area (Å²) in [4.78, 5) is 26.0. The van der Waals surface area contributed by atoms with E-state index in [1.54, 1.807) is 55.9 Å². The number of fused-ring (bicyclic) bond motifs is 1. The number of ether oxygens (including phenoxy) is 2. The maximum atomic E-state index is 12.8. The van der Waals surface area contributed by atoms with Crippen molar-refractivity contribution in [2.24, 2.45) is 0 Å². The molecule has 1 amide bonds. The van der Waals surface area contributed by atoms with Crippen molar-refractivity contribution < 1.29 is 19.1 Å². The fourth-order valence-corrected chi connectivity index (χ4v) is 3.73. The topological polar surface area (TPSA) is 69.6 Å². The van der Waals surface area contributed by atoms with Gasteiger partial charge in [-0.25, -0.2) is 4.79 Å². The number of hydrogen-bond donors (Lipinski definition) is 1. The van der Waals surface area contributed by atoms with Crippen molar-refractivity contribution in [3.8, 4) is 5.75 Å². The molecule has 0 aliphatic rings. The molecular weight excluding hydrogens is 352 g/mol. The van der Waals surface area contributed by atoms with Gasteiger partial charge in [0.15, 0.2) is 0 Å². The quantitative estimate of drug-likeness (QED) is 0.662. The van der Waals surface area contributed by atoms with Crippen molar-refractivity contribution >= 4 is 39.1 Å². The van der Waals surface area contributed by atoms with Gasteiger partial charge in [0.25, 0.3) is 0 Å². The number of amides is 1. The summed E-state index contributed by atoms with van der Waals surface area (Å²) in [6.07, 6.45) is 0. The Bertz CT molecular complexity index is 944. The SMILES string of the molecule is CCOC(=O)c1cc2ccsc2n1C(C)C(=O)Nc1cccc(OC)c1. The lowest BCUT2D eigenvalue weighted by Crippen LogP contribution is -2.26. The number of benzene rings is 1. The molecule has 2 aromatic heterocycles. The molecule has 0 radical (unpaired) electrons. The second-order valence-corrected chi connectivity index (χ2v) is 6.59. The summed E-state index contributed by atoms with van der Waals surface area (Å²) in [5, 5.41) is 5.72. The van der Waals surface area contributed by atoms with Crippen molar-refractivity contribution in [3.05, 3.63) is 47.5 Å². The first-order valence-corrected chi connectivity index (χ1v) is 9.13. The van der Waals surface area contributed by atoms with Gasteiger partial charge in [-0.3, -0.25) is 4.79 Å². The zero-order chi connectivity index (χ0) is 18.7. The van der Waals surface area contributed by atoms with E-state index in [4.69, 9.17) is 9.47 Å². The number of anilines is 1. The number of carbonyl (C=O) groups is 2. The predicted octanol–water partition coefficient (Wildman–Crippen LogP) is 4.09. The molecule has 3 rings (SSSR count). The van der Waals surface area contributed by atoms with E-state index < -0.39 is 12.0 Å². The number of aromatic nitrogens is 1.